The number of sulfone groups is 1. The zero-order valence-corrected chi connectivity index (χ0v) is 19.7. The first kappa shape index (κ1) is 23.5. The maximum Gasteiger partial charge on any atom is 0.251 e. The Morgan fingerprint density at radius 3 is 2.64 bits per heavy atom. The lowest BCUT2D eigenvalue weighted by Crippen LogP contribution is -2.48. The van der Waals surface area contributed by atoms with Crippen molar-refractivity contribution >= 4 is 42.4 Å². The highest BCUT2D eigenvalue weighted by Crippen LogP contribution is 2.31. The van der Waals surface area contributed by atoms with Crippen LogP contribution in [0.25, 0.3) is 10.2 Å². The van der Waals surface area contributed by atoms with E-state index in [1.807, 2.05) is 0 Å². The number of anilines is 1. The van der Waals surface area contributed by atoms with Gasteiger partial charge >= 0.3 is 0 Å². The largest absolute Gasteiger partial charge is 0.351 e. The molecule has 0 spiro atoms. The Hall–Kier alpha value is -2.63. The summed E-state index contributed by atoms with van der Waals surface area (Å²) in [4.78, 5) is 21.2. The molecule has 1 fully saturated rings. The number of benzene rings is 2. The van der Waals surface area contributed by atoms with Crippen molar-refractivity contribution in [2.24, 2.45) is 0 Å². The Kier molecular flexibility index (Phi) is 6.91. The van der Waals surface area contributed by atoms with Crippen LogP contribution in [0.5, 0.6) is 0 Å². The molecule has 1 saturated heterocycles. The first-order chi connectivity index (χ1) is 15.8. The van der Waals surface area contributed by atoms with Gasteiger partial charge in [0.05, 0.1) is 15.3 Å². The monoisotopic (exact) mass is 494 g/mol. The summed E-state index contributed by atoms with van der Waals surface area (Å²) >= 11 is 1.27. The summed E-state index contributed by atoms with van der Waals surface area (Å²) in [7, 11) is -3.37. The first-order valence-corrected chi connectivity index (χ1v) is 13.1. The molecule has 0 aliphatic carbocycles. The highest BCUT2D eigenvalue weighted by atomic mass is 32.2. The van der Waals surface area contributed by atoms with E-state index in [0.29, 0.717) is 41.6 Å². The molecule has 0 bridgehead atoms. The third-order valence-electron chi connectivity index (χ3n) is 5.59. The van der Waals surface area contributed by atoms with Gasteiger partial charge in [0, 0.05) is 50.9 Å². The van der Waals surface area contributed by atoms with Gasteiger partial charge in [0.1, 0.15) is 11.3 Å². The predicted octanol–water partition coefficient (Wildman–Crippen LogP) is 2.92. The normalized spacial score (nSPS) is 15.2. The number of hydrogen-bond donors (Lipinski definition) is 1. The number of carbonyl (C=O) groups is 1. The molecule has 1 aliphatic heterocycles. The summed E-state index contributed by atoms with van der Waals surface area (Å²) in [5, 5.41) is 3.51. The molecule has 3 aromatic rings. The summed E-state index contributed by atoms with van der Waals surface area (Å²) in [6.07, 6.45) is 0. The number of amides is 1. The molecule has 33 heavy (non-hydrogen) atoms. The molecule has 2 heterocycles. The van der Waals surface area contributed by atoms with Crippen molar-refractivity contribution in [1.29, 1.82) is 0 Å². The van der Waals surface area contributed by atoms with Gasteiger partial charge in [-0.15, -0.1) is 0 Å². The Labute approximate surface area is 194 Å². The van der Waals surface area contributed by atoms with Gasteiger partial charge in [-0.05, 0) is 24.3 Å². The van der Waals surface area contributed by atoms with E-state index in [4.69, 9.17) is 0 Å². The fourth-order valence-electron chi connectivity index (χ4n) is 3.67. The molecule has 176 valence electrons. The smallest absolute Gasteiger partial charge is 0.251 e. The third kappa shape index (κ3) is 5.31. The molecule has 1 aromatic heterocycles. The minimum atomic E-state index is -3.37. The maximum atomic E-state index is 13.9. The van der Waals surface area contributed by atoms with Gasteiger partial charge in [0.15, 0.2) is 20.8 Å². The molecular formula is C22H24F2N4O3S2. The third-order valence-corrected chi connectivity index (χ3v) is 8.39. The lowest BCUT2D eigenvalue weighted by molar-refractivity contribution is 0.0947. The summed E-state index contributed by atoms with van der Waals surface area (Å²) in [5.41, 5.74) is 0.506. The van der Waals surface area contributed by atoms with Crippen LogP contribution in [0.4, 0.5) is 13.9 Å². The van der Waals surface area contributed by atoms with Gasteiger partial charge < -0.3 is 10.2 Å². The van der Waals surface area contributed by atoms with E-state index < -0.39 is 21.5 Å². The molecule has 2 aromatic carbocycles. The molecule has 4 rings (SSSR count). The minimum Gasteiger partial charge on any atom is -0.351 e. The SMILES string of the molecule is CCS(=O)(=O)c1cccc(C(=O)NCCN2CCN(c3nc4c(F)cc(F)cc4s3)CC2)c1. The van der Waals surface area contributed by atoms with Gasteiger partial charge in [-0.2, -0.15) is 0 Å². The molecule has 1 amide bonds. The van der Waals surface area contributed by atoms with Crippen molar-refractivity contribution in [3.05, 3.63) is 53.6 Å². The molecule has 1 aliphatic rings. The quantitative estimate of drug-likeness (QED) is 0.544. The molecule has 7 nitrogen and oxygen atoms in total. The van der Waals surface area contributed by atoms with Gasteiger partial charge in [0.2, 0.25) is 0 Å². The van der Waals surface area contributed by atoms with Gasteiger partial charge in [-0.3, -0.25) is 9.69 Å². The topological polar surface area (TPSA) is 82.6 Å². The highest BCUT2D eigenvalue weighted by molar-refractivity contribution is 7.91. The summed E-state index contributed by atoms with van der Waals surface area (Å²) < 4.78 is 51.9. The highest BCUT2D eigenvalue weighted by Gasteiger charge is 2.21. The van der Waals surface area contributed by atoms with E-state index in [-0.39, 0.29) is 22.1 Å². The number of carbonyl (C=O) groups excluding carboxylic acids is 1. The zero-order chi connectivity index (χ0) is 23.6. The van der Waals surface area contributed by atoms with Gasteiger partial charge in [-0.25, -0.2) is 22.2 Å². The van der Waals surface area contributed by atoms with Crippen molar-refractivity contribution in [2.45, 2.75) is 11.8 Å². The maximum absolute atomic E-state index is 13.9. The molecule has 0 atom stereocenters. The van der Waals surface area contributed by atoms with Crippen molar-refractivity contribution in [3.63, 3.8) is 0 Å². The van der Waals surface area contributed by atoms with Crippen LogP contribution < -0.4 is 10.2 Å². The number of thiazole rings is 1. The van der Waals surface area contributed by atoms with E-state index in [0.717, 1.165) is 19.2 Å². The van der Waals surface area contributed by atoms with Crippen LogP contribution in [0.2, 0.25) is 0 Å². The summed E-state index contributed by atoms with van der Waals surface area (Å²) in [6, 6.07) is 8.20. The Bertz CT molecular complexity index is 1270. The van der Waals surface area contributed by atoms with Crippen LogP contribution in [0.3, 0.4) is 0 Å². The average molecular weight is 495 g/mol. The van der Waals surface area contributed by atoms with Crippen molar-refractivity contribution < 1.29 is 22.0 Å². The number of fused-ring (bicyclic) bond motifs is 1. The van der Waals surface area contributed by atoms with E-state index in [1.165, 1.54) is 29.5 Å². The van der Waals surface area contributed by atoms with E-state index >= 15 is 0 Å². The standard InChI is InChI=1S/C22H24F2N4O3S2/c1-2-33(30,31)17-5-3-4-15(12-17)21(29)25-6-7-27-8-10-28(11-9-27)22-26-20-18(24)13-16(23)14-19(20)32-22/h3-5,12-14H,2,6-11H2,1H3,(H,25,29). The number of rotatable bonds is 7. The molecule has 11 heteroatoms. The summed E-state index contributed by atoms with van der Waals surface area (Å²) in [6.45, 7) is 5.50. The van der Waals surface area contributed by atoms with Crippen LogP contribution >= 0.6 is 11.3 Å². The van der Waals surface area contributed by atoms with E-state index in [2.05, 4.69) is 20.1 Å². The van der Waals surface area contributed by atoms with Crippen LogP contribution in [-0.2, 0) is 9.84 Å². The van der Waals surface area contributed by atoms with Crippen LogP contribution in [0, 0.1) is 11.6 Å². The Morgan fingerprint density at radius 1 is 1.15 bits per heavy atom. The van der Waals surface area contributed by atoms with E-state index in [9.17, 15) is 22.0 Å². The number of piperazine rings is 1. The lowest BCUT2D eigenvalue weighted by Gasteiger charge is -2.34. The fraction of sp³-hybridized carbons (Fsp3) is 0.364. The van der Waals surface area contributed by atoms with Gasteiger partial charge in [-0.1, -0.05) is 24.3 Å². The minimum absolute atomic E-state index is 0.0209. The molecule has 0 unspecified atom stereocenters. The van der Waals surface area contributed by atoms with Crippen LogP contribution in [-0.4, -0.2) is 69.2 Å². The number of nitrogens with one attached hydrogen (secondary N) is 1. The molecule has 0 radical (unpaired) electrons. The Morgan fingerprint density at radius 2 is 1.91 bits per heavy atom. The second-order valence-corrected chi connectivity index (χ2v) is 11.0. The second kappa shape index (κ2) is 9.70. The zero-order valence-electron chi connectivity index (χ0n) is 18.1. The van der Waals surface area contributed by atoms with Crippen molar-refractivity contribution in [1.82, 2.24) is 15.2 Å². The van der Waals surface area contributed by atoms with E-state index in [1.54, 1.807) is 19.1 Å². The first-order valence-electron chi connectivity index (χ1n) is 10.6. The number of nitrogens with zero attached hydrogens (tertiary/aromatic N) is 3. The number of halogens is 2. The molecule has 0 saturated carbocycles. The fourth-order valence-corrected chi connectivity index (χ4v) is 5.65. The molecular weight excluding hydrogens is 470 g/mol. The van der Waals surface area contributed by atoms with Crippen LogP contribution in [0.15, 0.2) is 41.3 Å². The number of aromatic nitrogens is 1. The predicted molar refractivity (Wildman–Crippen MR) is 125 cm³/mol. The number of hydrogen-bond acceptors (Lipinski definition) is 7. The molecule has 1 N–H and O–H groups in total. The van der Waals surface area contributed by atoms with Crippen LogP contribution in [0.1, 0.15) is 17.3 Å². The average Bonchev–Trinajstić information content (AvgIpc) is 3.24. The second-order valence-electron chi connectivity index (χ2n) is 7.75. The lowest BCUT2D eigenvalue weighted by atomic mass is 10.2. The summed E-state index contributed by atoms with van der Waals surface area (Å²) in [5.74, 6) is -1.60. The van der Waals surface area contributed by atoms with Crippen molar-refractivity contribution in [3.8, 4) is 0 Å². The van der Waals surface area contributed by atoms with Crippen molar-refractivity contribution in [2.75, 3.05) is 49.9 Å². The van der Waals surface area contributed by atoms with Gasteiger partial charge in [0.25, 0.3) is 5.91 Å². The Balaban J connectivity index is 1.28.